The van der Waals surface area contributed by atoms with E-state index in [1.807, 2.05) is 24.3 Å². The number of anilines is 1. The Morgan fingerprint density at radius 3 is 2.90 bits per heavy atom. The second kappa shape index (κ2) is 7.27. The van der Waals surface area contributed by atoms with Gasteiger partial charge in [0.25, 0.3) is 0 Å². The molecule has 1 aliphatic rings. The monoisotopic (exact) mass is 403 g/mol. The molecule has 1 amide bonds. The lowest BCUT2D eigenvalue weighted by atomic mass is 9.97. The first kappa shape index (κ1) is 18.3. The topological polar surface area (TPSA) is 115 Å². The van der Waals surface area contributed by atoms with Gasteiger partial charge in [-0.15, -0.1) is 0 Å². The molecule has 1 fully saturated rings. The second-order valence-corrected chi connectivity index (χ2v) is 7.29. The SMILES string of the molecule is C[C@@H]1COCCN1c1cc(-c2ccccc2C(N)=O)c2cnn(-c3ccn[nH]3)c2n1. The number of hydrogen-bond donors (Lipinski definition) is 2. The van der Waals surface area contributed by atoms with E-state index in [1.165, 1.54) is 0 Å². The Hall–Kier alpha value is -3.72. The molecule has 0 bridgehead atoms. The molecule has 0 aliphatic carbocycles. The average Bonchev–Trinajstić information content (AvgIpc) is 3.43. The zero-order valence-corrected chi connectivity index (χ0v) is 16.4. The van der Waals surface area contributed by atoms with Crippen LogP contribution in [-0.4, -0.2) is 56.7 Å². The summed E-state index contributed by atoms with van der Waals surface area (Å²) in [5.41, 5.74) is 8.40. The maximum atomic E-state index is 12.1. The fourth-order valence-electron chi connectivity index (χ4n) is 3.90. The molecule has 9 nitrogen and oxygen atoms in total. The number of nitrogens with zero attached hydrogens (tertiary/aromatic N) is 5. The standard InChI is InChI=1S/C21H21N7O2/c1-13-12-30-9-8-27(13)19-10-16(14-4-2-3-5-15(14)20(22)29)17-11-24-28(21(17)25-19)18-6-7-23-26-18/h2-7,10-11,13H,8-9,12H2,1H3,(H2,22,29)(H,23,26)/t13-/m1/s1. The number of aromatic nitrogens is 5. The van der Waals surface area contributed by atoms with Gasteiger partial charge in [0.15, 0.2) is 11.5 Å². The molecule has 1 aromatic carbocycles. The summed E-state index contributed by atoms with van der Waals surface area (Å²) in [6.45, 7) is 4.10. The highest BCUT2D eigenvalue weighted by molar-refractivity contribution is 6.05. The van der Waals surface area contributed by atoms with Crippen molar-refractivity contribution in [2.75, 3.05) is 24.7 Å². The summed E-state index contributed by atoms with van der Waals surface area (Å²) in [6.07, 6.45) is 3.42. The highest BCUT2D eigenvalue weighted by Crippen LogP contribution is 2.34. The van der Waals surface area contributed by atoms with Gasteiger partial charge in [0.05, 0.1) is 31.6 Å². The lowest BCUT2D eigenvalue weighted by Gasteiger charge is -2.34. The quantitative estimate of drug-likeness (QED) is 0.539. The van der Waals surface area contributed by atoms with Crippen molar-refractivity contribution in [3.63, 3.8) is 0 Å². The van der Waals surface area contributed by atoms with Crippen molar-refractivity contribution in [1.29, 1.82) is 0 Å². The number of primary amides is 1. The van der Waals surface area contributed by atoms with Crippen LogP contribution in [0, 0.1) is 0 Å². The van der Waals surface area contributed by atoms with Crippen LogP contribution in [-0.2, 0) is 4.74 Å². The number of rotatable bonds is 4. The van der Waals surface area contributed by atoms with Gasteiger partial charge in [0.1, 0.15) is 5.82 Å². The summed E-state index contributed by atoms with van der Waals surface area (Å²) in [4.78, 5) is 19.3. The predicted octanol–water partition coefficient (Wildman–Crippen LogP) is 2.13. The number of nitrogens with one attached hydrogen (secondary N) is 1. The smallest absolute Gasteiger partial charge is 0.249 e. The van der Waals surface area contributed by atoms with Crippen molar-refractivity contribution in [3.8, 4) is 16.9 Å². The largest absolute Gasteiger partial charge is 0.377 e. The average molecular weight is 403 g/mol. The number of carbonyl (C=O) groups excluding carboxylic acids is 1. The third-order valence-corrected chi connectivity index (χ3v) is 5.39. The third-order valence-electron chi connectivity index (χ3n) is 5.39. The molecule has 0 saturated carbocycles. The maximum Gasteiger partial charge on any atom is 0.249 e. The van der Waals surface area contributed by atoms with Gasteiger partial charge in [-0.25, -0.2) is 4.98 Å². The number of nitrogens with two attached hydrogens (primary N) is 1. The van der Waals surface area contributed by atoms with Crippen LogP contribution in [0.4, 0.5) is 5.82 Å². The van der Waals surface area contributed by atoms with Gasteiger partial charge >= 0.3 is 0 Å². The van der Waals surface area contributed by atoms with E-state index in [-0.39, 0.29) is 6.04 Å². The second-order valence-electron chi connectivity index (χ2n) is 7.29. The van der Waals surface area contributed by atoms with Crippen LogP contribution >= 0.6 is 0 Å². The van der Waals surface area contributed by atoms with Crippen LogP contribution < -0.4 is 10.6 Å². The fraction of sp³-hybridized carbons (Fsp3) is 0.238. The van der Waals surface area contributed by atoms with Crippen LogP contribution in [0.1, 0.15) is 17.3 Å². The summed E-state index contributed by atoms with van der Waals surface area (Å²) in [6, 6.07) is 11.3. The van der Waals surface area contributed by atoms with Crippen LogP contribution in [0.15, 0.2) is 48.8 Å². The van der Waals surface area contributed by atoms with E-state index in [0.29, 0.717) is 30.2 Å². The van der Waals surface area contributed by atoms with E-state index >= 15 is 0 Å². The van der Waals surface area contributed by atoms with Crippen LogP contribution in [0.5, 0.6) is 0 Å². The Labute approximate surface area is 172 Å². The number of morpholine rings is 1. The molecule has 4 aromatic rings. The van der Waals surface area contributed by atoms with Crippen molar-refractivity contribution >= 4 is 22.8 Å². The molecule has 152 valence electrons. The van der Waals surface area contributed by atoms with E-state index in [2.05, 4.69) is 27.1 Å². The summed E-state index contributed by atoms with van der Waals surface area (Å²) < 4.78 is 7.31. The summed E-state index contributed by atoms with van der Waals surface area (Å²) >= 11 is 0. The Kier molecular flexibility index (Phi) is 4.44. The van der Waals surface area contributed by atoms with Crippen LogP contribution in [0.2, 0.25) is 0 Å². The van der Waals surface area contributed by atoms with Crippen LogP contribution in [0.3, 0.4) is 0 Å². The molecule has 0 spiro atoms. The number of pyridine rings is 1. The lowest BCUT2D eigenvalue weighted by Crippen LogP contribution is -2.44. The van der Waals surface area contributed by atoms with E-state index in [4.69, 9.17) is 15.5 Å². The first-order valence-electron chi connectivity index (χ1n) is 9.75. The minimum absolute atomic E-state index is 0.173. The molecule has 4 heterocycles. The van der Waals surface area contributed by atoms with Crippen molar-refractivity contribution in [3.05, 3.63) is 54.4 Å². The molecule has 9 heteroatoms. The minimum Gasteiger partial charge on any atom is -0.377 e. The number of benzene rings is 1. The highest BCUT2D eigenvalue weighted by Gasteiger charge is 2.24. The Morgan fingerprint density at radius 2 is 2.13 bits per heavy atom. The van der Waals surface area contributed by atoms with Crippen molar-refractivity contribution < 1.29 is 9.53 Å². The van der Waals surface area contributed by atoms with Gasteiger partial charge < -0.3 is 15.4 Å². The van der Waals surface area contributed by atoms with Gasteiger partial charge in [-0.05, 0) is 30.2 Å². The molecule has 5 rings (SSSR count). The van der Waals surface area contributed by atoms with Gasteiger partial charge in [-0.2, -0.15) is 14.9 Å². The third kappa shape index (κ3) is 3.00. The van der Waals surface area contributed by atoms with Gasteiger partial charge in [0, 0.05) is 23.6 Å². The lowest BCUT2D eigenvalue weighted by molar-refractivity contribution is 0.0985. The van der Waals surface area contributed by atoms with Gasteiger partial charge in [-0.3, -0.25) is 9.89 Å². The maximum absolute atomic E-state index is 12.1. The number of H-pyrrole nitrogens is 1. The number of amides is 1. The minimum atomic E-state index is -0.474. The number of hydrogen-bond acceptors (Lipinski definition) is 6. The molecule has 0 unspecified atom stereocenters. The first-order chi connectivity index (χ1) is 14.6. The first-order valence-corrected chi connectivity index (χ1v) is 9.75. The van der Waals surface area contributed by atoms with Crippen molar-refractivity contribution in [2.24, 2.45) is 5.73 Å². The molecular formula is C21H21N7O2. The summed E-state index contributed by atoms with van der Waals surface area (Å²) in [7, 11) is 0. The Bertz CT molecular complexity index is 1220. The Morgan fingerprint density at radius 1 is 1.27 bits per heavy atom. The number of aromatic amines is 1. The fourth-order valence-corrected chi connectivity index (χ4v) is 3.90. The Balaban J connectivity index is 1.78. The molecule has 3 aromatic heterocycles. The van der Waals surface area contributed by atoms with Gasteiger partial charge in [0.2, 0.25) is 5.91 Å². The normalized spacial score (nSPS) is 16.8. The van der Waals surface area contributed by atoms with E-state index in [9.17, 15) is 4.79 Å². The molecule has 30 heavy (non-hydrogen) atoms. The van der Waals surface area contributed by atoms with Gasteiger partial charge in [-0.1, -0.05) is 18.2 Å². The zero-order chi connectivity index (χ0) is 20.7. The zero-order valence-electron chi connectivity index (χ0n) is 16.4. The van der Waals surface area contributed by atoms with Crippen LogP contribution in [0.25, 0.3) is 28.0 Å². The molecule has 1 saturated heterocycles. The molecular weight excluding hydrogens is 382 g/mol. The predicted molar refractivity (Wildman–Crippen MR) is 113 cm³/mol. The van der Waals surface area contributed by atoms with E-state index in [0.717, 1.165) is 28.9 Å². The number of fused-ring (bicyclic) bond motifs is 1. The highest BCUT2D eigenvalue weighted by atomic mass is 16.5. The molecule has 3 N–H and O–H groups in total. The van der Waals surface area contributed by atoms with Crippen molar-refractivity contribution in [1.82, 2.24) is 25.0 Å². The number of ether oxygens (including phenoxy) is 1. The van der Waals surface area contributed by atoms with Crippen molar-refractivity contribution in [2.45, 2.75) is 13.0 Å². The summed E-state index contributed by atoms with van der Waals surface area (Å²) in [5, 5.41) is 12.3. The number of carbonyl (C=O) groups is 1. The summed E-state index contributed by atoms with van der Waals surface area (Å²) in [5.74, 6) is 1.03. The molecule has 0 radical (unpaired) electrons. The van der Waals surface area contributed by atoms with E-state index < -0.39 is 5.91 Å². The van der Waals surface area contributed by atoms with E-state index in [1.54, 1.807) is 29.2 Å². The molecule has 1 atom stereocenters. The molecule has 1 aliphatic heterocycles.